The molecule has 0 radical (unpaired) electrons. The van der Waals surface area contributed by atoms with Gasteiger partial charge < -0.3 is 10.1 Å². The van der Waals surface area contributed by atoms with Gasteiger partial charge >= 0.3 is 0 Å². The Morgan fingerprint density at radius 2 is 2.18 bits per heavy atom. The lowest BCUT2D eigenvalue weighted by atomic mass is 9.88. The summed E-state index contributed by atoms with van der Waals surface area (Å²) >= 11 is 0.942. The molecular formula is C14H22N2O4S2. The van der Waals surface area contributed by atoms with Gasteiger partial charge in [-0.3, -0.25) is 4.79 Å². The molecule has 0 saturated heterocycles. The number of hydrogen-bond acceptors (Lipinski definition) is 5. The van der Waals surface area contributed by atoms with Crippen LogP contribution >= 0.6 is 11.3 Å². The fourth-order valence-electron chi connectivity index (χ4n) is 2.59. The normalized spacial score (nSPS) is 22.5. The molecular weight excluding hydrogens is 324 g/mol. The molecule has 8 heteroatoms. The van der Waals surface area contributed by atoms with Crippen LogP contribution in [0.5, 0.6) is 0 Å². The van der Waals surface area contributed by atoms with Crippen molar-refractivity contribution in [1.82, 2.24) is 5.32 Å². The van der Waals surface area contributed by atoms with Crippen LogP contribution in [-0.4, -0.2) is 33.6 Å². The van der Waals surface area contributed by atoms with Crippen molar-refractivity contribution in [2.45, 2.75) is 42.9 Å². The number of nitrogens with one attached hydrogen (secondary N) is 1. The summed E-state index contributed by atoms with van der Waals surface area (Å²) in [6, 6.07) is 1.29. The third kappa shape index (κ3) is 4.77. The SMILES string of the molecule is C[C@@H]1CCCC[C@H]1OCCNC(=O)c1csc(S(N)(=O)=O)c1. The highest BCUT2D eigenvalue weighted by Gasteiger charge is 2.21. The Morgan fingerprint density at radius 1 is 1.45 bits per heavy atom. The first kappa shape index (κ1) is 17.4. The van der Waals surface area contributed by atoms with Gasteiger partial charge in [0.2, 0.25) is 10.0 Å². The molecule has 3 N–H and O–H groups in total. The standard InChI is InChI=1S/C14H22N2O4S2/c1-10-4-2-3-5-12(10)20-7-6-16-14(17)11-8-13(21-9-11)22(15,18)19/h8-10,12H,2-7H2,1H3,(H,16,17)(H2,15,18,19)/t10-,12-/m1/s1. The van der Waals surface area contributed by atoms with Crippen LogP contribution in [0.2, 0.25) is 0 Å². The first-order valence-electron chi connectivity index (χ1n) is 7.39. The van der Waals surface area contributed by atoms with E-state index in [1.54, 1.807) is 0 Å². The molecule has 22 heavy (non-hydrogen) atoms. The van der Waals surface area contributed by atoms with Crippen molar-refractivity contribution >= 4 is 27.3 Å². The Kier molecular flexibility index (Phi) is 5.96. The molecule has 2 atom stereocenters. The van der Waals surface area contributed by atoms with Gasteiger partial charge in [-0.1, -0.05) is 19.8 Å². The molecule has 1 saturated carbocycles. The van der Waals surface area contributed by atoms with Gasteiger partial charge in [0.05, 0.1) is 18.3 Å². The molecule has 0 bridgehead atoms. The maximum atomic E-state index is 11.9. The summed E-state index contributed by atoms with van der Waals surface area (Å²) in [7, 11) is -3.75. The van der Waals surface area contributed by atoms with Gasteiger partial charge in [0.1, 0.15) is 4.21 Å². The number of primary sulfonamides is 1. The van der Waals surface area contributed by atoms with Crippen molar-refractivity contribution in [3.8, 4) is 0 Å². The van der Waals surface area contributed by atoms with Crippen LogP contribution in [0.25, 0.3) is 0 Å². The molecule has 1 fully saturated rings. The molecule has 1 amide bonds. The minimum absolute atomic E-state index is 0.00932. The summed E-state index contributed by atoms with van der Waals surface area (Å²) in [6.45, 7) is 3.07. The Hall–Kier alpha value is -0.960. The summed E-state index contributed by atoms with van der Waals surface area (Å²) in [4.78, 5) is 11.9. The number of carbonyl (C=O) groups is 1. The second-order valence-electron chi connectivity index (χ2n) is 5.63. The molecule has 2 rings (SSSR count). The Morgan fingerprint density at radius 3 is 2.82 bits per heavy atom. The van der Waals surface area contributed by atoms with Crippen molar-refractivity contribution in [2.75, 3.05) is 13.2 Å². The molecule has 1 aromatic heterocycles. The van der Waals surface area contributed by atoms with E-state index in [0.29, 0.717) is 24.6 Å². The first-order chi connectivity index (χ1) is 10.4. The maximum Gasteiger partial charge on any atom is 0.252 e. The Balaban J connectivity index is 1.75. The number of amides is 1. The minimum atomic E-state index is -3.75. The zero-order valence-electron chi connectivity index (χ0n) is 12.6. The molecule has 0 unspecified atom stereocenters. The fraction of sp³-hybridized carbons (Fsp3) is 0.643. The van der Waals surface area contributed by atoms with Gasteiger partial charge in [-0.2, -0.15) is 0 Å². The number of ether oxygens (including phenoxy) is 1. The number of rotatable bonds is 6. The van der Waals surface area contributed by atoms with E-state index in [2.05, 4.69) is 12.2 Å². The molecule has 0 spiro atoms. The highest BCUT2D eigenvalue weighted by atomic mass is 32.2. The van der Waals surface area contributed by atoms with Crippen LogP contribution < -0.4 is 10.5 Å². The Bertz CT molecular complexity index is 612. The van der Waals surface area contributed by atoms with E-state index < -0.39 is 10.0 Å². The molecule has 1 aromatic rings. The molecule has 1 aliphatic rings. The quantitative estimate of drug-likeness (QED) is 0.766. The Labute approximate surface area is 135 Å². The largest absolute Gasteiger partial charge is 0.376 e. The van der Waals surface area contributed by atoms with E-state index in [1.165, 1.54) is 30.7 Å². The molecule has 0 aliphatic heterocycles. The summed E-state index contributed by atoms with van der Waals surface area (Å²) in [5.41, 5.74) is 0.306. The summed E-state index contributed by atoms with van der Waals surface area (Å²) in [6.07, 6.45) is 5.02. The lowest BCUT2D eigenvalue weighted by molar-refractivity contribution is -0.00293. The zero-order valence-corrected chi connectivity index (χ0v) is 14.2. The van der Waals surface area contributed by atoms with Crippen LogP contribution in [0.4, 0.5) is 0 Å². The average molecular weight is 346 g/mol. The topological polar surface area (TPSA) is 98.5 Å². The second kappa shape index (κ2) is 7.54. The average Bonchev–Trinajstić information content (AvgIpc) is 2.95. The van der Waals surface area contributed by atoms with Crippen LogP contribution in [0.3, 0.4) is 0 Å². The molecule has 124 valence electrons. The van der Waals surface area contributed by atoms with Crippen LogP contribution in [0.1, 0.15) is 43.0 Å². The maximum absolute atomic E-state index is 11.9. The number of sulfonamides is 1. The second-order valence-corrected chi connectivity index (χ2v) is 8.33. The van der Waals surface area contributed by atoms with Crippen molar-refractivity contribution in [3.05, 3.63) is 17.0 Å². The fourth-order valence-corrected chi connectivity index (χ4v) is 4.18. The molecule has 1 aliphatic carbocycles. The van der Waals surface area contributed by atoms with E-state index in [4.69, 9.17) is 9.88 Å². The van der Waals surface area contributed by atoms with E-state index in [9.17, 15) is 13.2 Å². The molecule has 1 heterocycles. The predicted molar refractivity (Wildman–Crippen MR) is 85.4 cm³/mol. The highest BCUT2D eigenvalue weighted by Crippen LogP contribution is 2.26. The van der Waals surface area contributed by atoms with Crippen LogP contribution in [0, 0.1) is 5.92 Å². The molecule has 0 aromatic carbocycles. The third-order valence-electron chi connectivity index (χ3n) is 3.87. The van der Waals surface area contributed by atoms with Gasteiger partial charge in [0.25, 0.3) is 5.91 Å². The number of nitrogens with two attached hydrogens (primary N) is 1. The monoisotopic (exact) mass is 346 g/mol. The number of thiophene rings is 1. The van der Waals surface area contributed by atoms with Gasteiger partial charge in [0, 0.05) is 11.9 Å². The minimum Gasteiger partial charge on any atom is -0.376 e. The van der Waals surface area contributed by atoms with Crippen molar-refractivity contribution < 1.29 is 17.9 Å². The summed E-state index contributed by atoms with van der Waals surface area (Å²) in [5.74, 6) is 0.255. The highest BCUT2D eigenvalue weighted by molar-refractivity contribution is 7.91. The van der Waals surface area contributed by atoms with E-state index in [0.717, 1.165) is 17.8 Å². The first-order valence-corrected chi connectivity index (χ1v) is 9.81. The number of hydrogen-bond donors (Lipinski definition) is 2. The van der Waals surface area contributed by atoms with E-state index in [-0.39, 0.29) is 16.2 Å². The molecule has 6 nitrogen and oxygen atoms in total. The van der Waals surface area contributed by atoms with Crippen molar-refractivity contribution in [2.24, 2.45) is 11.1 Å². The van der Waals surface area contributed by atoms with Gasteiger partial charge in [-0.25, -0.2) is 13.6 Å². The van der Waals surface area contributed by atoms with Crippen molar-refractivity contribution in [1.29, 1.82) is 0 Å². The van der Waals surface area contributed by atoms with Gasteiger partial charge in [-0.05, 0) is 24.8 Å². The zero-order chi connectivity index (χ0) is 16.2. The van der Waals surface area contributed by atoms with Crippen LogP contribution in [0.15, 0.2) is 15.7 Å². The lowest BCUT2D eigenvalue weighted by Crippen LogP contribution is -2.31. The predicted octanol–water partition coefficient (Wildman–Crippen LogP) is 1.72. The summed E-state index contributed by atoms with van der Waals surface area (Å²) < 4.78 is 28.1. The summed E-state index contributed by atoms with van der Waals surface area (Å²) in [5, 5.41) is 9.23. The van der Waals surface area contributed by atoms with Crippen LogP contribution in [-0.2, 0) is 14.8 Å². The van der Waals surface area contributed by atoms with Gasteiger partial charge in [0.15, 0.2) is 0 Å². The number of carbonyl (C=O) groups excluding carboxylic acids is 1. The smallest absolute Gasteiger partial charge is 0.252 e. The van der Waals surface area contributed by atoms with E-state index >= 15 is 0 Å². The van der Waals surface area contributed by atoms with E-state index in [1.807, 2.05) is 0 Å². The van der Waals surface area contributed by atoms with Crippen molar-refractivity contribution in [3.63, 3.8) is 0 Å². The third-order valence-corrected chi connectivity index (χ3v) is 6.26. The van der Waals surface area contributed by atoms with Gasteiger partial charge in [-0.15, -0.1) is 11.3 Å². The lowest BCUT2D eigenvalue weighted by Gasteiger charge is -2.28.